The molecule has 1 saturated carbocycles. The molecule has 2 rings (SSSR count). The van der Waals surface area contributed by atoms with Gasteiger partial charge >= 0.3 is 5.97 Å². The molecular formula is C15H19NO3S. The molecule has 0 bridgehead atoms. The number of carbonyl (C=O) groups excluding carboxylic acids is 1. The second-order valence-electron chi connectivity index (χ2n) is 5.49. The molecule has 1 aromatic rings. The van der Waals surface area contributed by atoms with Gasteiger partial charge in [0.05, 0.1) is 4.88 Å². The van der Waals surface area contributed by atoms with Crippen LogP contribution in [0.3, 0.4) is 0 Å². The van der Waals surface area contributed by atoms with E-state index in [-0.39, 0.29) is 5.91 Å². The van der Waals surface area contributed by atoms with E-state index >= 15 is 0 Å². The standard InChI is InChI=1S/C15H19NO3S/c1-9-6-11(9)8-16(3)15(19)13-7-10(2)12(20-13)4-5-14(17)18/h4-5,7,9,11H,6,8H2,1-3H3,(H,17,18)/b5-4+. The smallest absolute Gasteiger partial charge is 0.328 e. The Bertz CT molecular complexity index is 561. The summed E-state index contributed by atoms with van der Waals surface area (Å²) in [7, 11) is 1.83. The van der Waals surface area contributed by atoms with Gasteiger partial charge in [-0.05, 0) is 42.9 Å². The largest absolute Gasteiger partial charge is 0.478 e. The molecule has 5 heteroatoms. The molecule has 0 radical (unpaired) electrons. The number of thiophene rings is 1. The summed E-state index contributed by atoms with van der Waals surface area (Å²) in [6, 6.07) is 1.83. The number of aliphatic carboxylic acids is 1. The lowest BCUT2D eigenvalue weighted by molar-refractivity contribution is -0.131. The third-order valence-corrected chi connectivity index (χ3v) is 4.87. The molecule has 1 amide bonds. The van der Waals surface area contributed by atoms with E-state index in [0.717, 1.165) is 29.0 Å². The van der Waals surface area contributed by atoms with Gasteiger partial charge < -0.3 is 10.0 Å². The SMILES string of the molecule is Cc1cc(C(=O)N(C)CC2CC2C)sc1/C=C/C(=O)O. The van der Waals surface area contributed by atoms with Gasteiger partial charge in [0.1, 0.15) is 0 Å². The number of hydrogen-bond donors (Lipinski definition) is 1. The first kappa shape index (κ1) is 14.8. The van der Waals surface area contributed by atoms with Gasteiger partial charge in [-0.2, -0.15) is 0 Å². The molecule has 1 N–H and O–H groups in total. The van der Waals surface area contributed by atoms with Crippen molar-refractivity contribution in [1.82, 2.24) is 4.90 Å². The Morgan fingerprint density at radius 3 is 2.75 bits per heavy atom. The molecule has 0 aliphatic heterocycles. The summed E-state index contributed by atoms with van der Waals surface area (Å²) in [6.07, 6.45) is 3.85. The van der Waals surface area contributed by atoms with Gasteiger partial charge in [-0.3, -0.25) is 4.79 Å². The number of hydrogen-bond acceptors (Lipinski definition) is 3. The molecule has 2 unspecified atom stereocenters. The van der Waals surface area contributed by atoms with Crippen molar-refractivity contribution in [3.8, 4) is 0 Å². The minimum atomic E-state index is -0.981. The van der Waals surface area contributed by atoms with Crippen molar-refractivity contribution in [2.75, 3.05) is 13.6 Å². The van der Waals surface area contributed by atoms with Gasteiger partial charge in [0.25, 0.3) is 5.91 Å². The van der Waals surface area contributed by atoms with Crippen LogP contribution in [0.1, 0.15) is 33.5 Å². The minimum absolute atomic E-state index is 0.0205. The molecule has 0 aromatic carbocycles. The highest BCUT2D eigenvalue weighted by atomic mass is 32.1. The lowest BCUT2D eigenvalue weighted by Crippen LogP contribution is -2.28. The van der Waals surface area contributed by atoms with Crippen LogP contribution in [0.5, 0.6) is 0 Å². The lowest BCUT2D eigenvalue weighted by atomic mass is 10.2. The number of carbonyl (C=O) groups is 2. The van der Waals surface area contributed by atoms with Gasteiger partial charge in [-0.25, -0.2) is 4.79 Å². The Kier molecular flexibility index (Phi) is 4.28. The Hall–Kier alpha value is -1.62. The van der Waals surface area contributed by atoms with Crippen LogP contribution in [0.25, 0.3) is 6.08 Å². The maximum atomic E-state index is 12.3. The molecule has 4 nitrogen and oxygen atoms in total. The summed E-state index contributed by atoms with van der Waals surface area (Å²) in [5.74, 6) is 0.401. The highest BCUT2D eigenvalue weighted by molar-refractivity contribution is 7.15. The molecular weight excluding hydrogens is 274 g/mol. The fraction of sp³-hybridized carbons (Fsp3) is 0.467. The summed E-state index contributed by atoms with van der Waals surface area (Å²) in [4.78, 5) is 26.1. The van der Waals surface area contributed by atoms with E-state index in [4.69, 9.17) is 5.11 Å². The van der Waals surface area contributed by atoms with E-state index in [0.29, 0.717) is 10.8 Å². The summed E-state index contributed by atoms with van der Waals surface area (Å²) in [5.41, 5.74) is 0.934. The van der Waals surface area contributed by atoms with Crippen LogP contribution < -0.4 is 0 Å². The van der Waals surface area contributed by atoms with Crippen molar-refractivity contribution >= 4 is 29.3 Å². The third-order valence-electron chi connectivity index (χ3n) is 3.68. The third kappa shape index (κ3) is 3.48. The zero-order valence-electron chi connectivity index (χ0n) is 11.9. The Morgan fingerprint density at radius 2 is 2.20 bits per heavy atom. The molecule has 108 valence electrons. The van der Waals surface area contributed by atoms with Crippen molar-refractivity contribution in [1.29, 1.82) is 0 Å². The van der Waals surface area contributed by atoms with Crippen molar-refractivity contribution in [2.45, 2.75) is 20.3 Å². The van der Waals surface area contributed by atoms with Gasteiger partial charge in [0, 0.05) is 24.5 Å². The van der Waals surface area contributed by atoms with E-state index in [2.05, 4.69) is 6.92 Å². The number of carboxylic acids is 1. The van der Waals surface area contributed by atoms with Crippen molar-refractivity contribution in [3.05, 3.63) is 27.5 Å². The number of nitrogens with zero attached hydrogens (tertiary/aromatic N) is 1. The van der Waals surface area contributed by atoms with Crippen LogP contribution in [-0.4, -0.2) is 35.5 Å². The Morgan fingerprint density at radius 1 is 1.55 bits per heavy atom. The lowest BCUT2D eigenvalue weighted by Gasteiger charge is -2.15. The fourth-order valence-corrected chi connectivity index (χ4v) is 3.26. The average molecular weight is 293 g/mol. The van der Waals surface area contributed by atoms with E-state index in [1.807, 2.05) is 20.0 Å². The molecule has 2 atom stereocenters. The second kappa shape index (κ2) is 5.79. The number of aryl methyl sites for hydroxylation is 1. The highest BCUT2D eigenvalue weighted by Gasteiger charge is 2.34. The van der Waals surface area contributed by atoms with Crippen LogP contribution in [0.4, 0.5) is 0 Å². The Balaban J connectivity index is 2.06. The van der Waals surface area contributed by atoms with Gasteiger partial charge in [-0.1, -0.05) is 6.92 Å². The minimum Gasteiger partial charge on any atom is -0.478 e. The maximum absolute atomic E-state index is 12.3. The highest BCUT2D eigenvalue weighted by Crippen LogP contribution is 2.38. The van der Waals surface area contributed by atoms with Crippen molar-refractivity contribution in [2.24, 2.45) is 11.8 Å². The number of rotatable bonds is 5. The van der Waals surface area contributed by atoms with Crippen molar-refractivity contribution in [3.63, 3.8) is 0 Å². The summed E-state index contributed by atoms with van der Waals surface area (Å²) in [5, 5.41) is 8.64. The zero-order valence-corrected chi connectivity index (χ0v) is 12.7. The average Bonchev–Trinajstić information content (AvgIpc) is 2.93. The maximum Gasteiger partial charge on any atom is 0.328 e. The molecule has 1 fully saturated rings. The van der Waals surface area contributed by atoms with Crippen LogP contribution in [-0.2, 0) is 4.79 Å². The van der Waals surface area contributed by atoms with Crippen LogP contribution in [0.2, 0.25) is 0 Å². The van der Waals surface area contributed by atoms with E-state index < -0.39 is 5.97 Å². The number of carboxylic acid groups (broad SMARTS) is 1. The van der Waals surface area contributed by atoms with Gasteiger partial charge in [0.15, 0.2) is 0 Å². The van der Waals surface area contributed by atoms with Gasteiger partial charge in [0.2, 0.25) is 0 Å². The van der Waals surface area contributed by atoms with Crippen LogP contribution >= 0.6 is 11.3 Å². The summed E-state index contributed by atoms with van der Waals surface area (Å²) >= 11 is 1.34. The monoisotopic (exact) mass is 293 g/mol. The van der Waals surface area contributed by atoms with Crippen molar-refractivity contribution < 1.29 is 14.7 Å². The predicted molar refractivity (Wildman–Crippen MR) is 80.0 cm³/mol. The second-order valence-corrected chi connectivity index (χ2v) is 6.57. The van der Waals surface area contributed by atoms with Crippen LogP contribution in [0, 0.1) is 18.8 Å². The molecule has 0 saturated heterocycles. The topological polar surface area (TPSA) is 57.6 Å². The van der Waals surface area contributed by atoms with Gasteiger partial charge in [-0.15, -0.1) is 11.3 Å². The first-order valence-electron chi connectivity index (χ1n) is 6.65. The molecule has 1 heterocycles. The number of amides is 1. The van der Waals surface area contributed by atoms with E-state index in [1.54, 1.807) is 11.0 Å². The van der Waals surface area contributed by atoms with Crippen LogP contribution in [0.15, 0.2) is 12.1 Å². The zero-order chi connectivity index (χ0) is 14.9. The molecule has 20 heavy (non-hydrogen) atoms. The molecule has 0 spiro atoms. The summed E-state index contributed by atoms with van der Waals surface area (Å²) < 4.78 is 0. The normalized spacial score (nSPS) is 21.1. The summed E-state index contributed by atoms with van der Waals surface area (Å²) in [6.45, 7) is 4.89. The first-order chi connectivity index (χ1) is 9.38. The fourth-order valence-electron chi connectivity index (χ4n) is 2.19. The van der Waals surface area contributed by atoms with E-state index in [1.165, 1.54) is 17.8 Å². The Labute approximate surface area is 122 Å². The quantitative estimate of drug-likeness (QED) is 0.849. The first-order valence-corrected chi connectivity index (χ1v) is 7.47. The molecule has 1 aliphatic carbocycles. The molecule has 1 aromatic heterocycles. The predicted octanol–water partition coefficient (Wildman–Crippen LogP) is 2.88. The molecule has 1 aliphatic rings. The van der Waals surface area contributed by atoms with E-state index in [9.17, 15) is 9.59 Å².